The summed E-state index contributed by atoms with van der Waals surface area (Å²) in [4.78, 5) is 4.21. The zero-order valence-corrected chi connectivity index (χ0v) is 9.73. The van der Waals surface area contributed by atoms with Crippen molar-refractivity contribution in [1.29, 1.82) is 0 Å². The van der Waals surface area contributed by atoms with E-state index in [9.17, 15) is 0 Å². The average molecular weight is 268 g/mol. The van der Waals surface area contributed by atoms with Gasteiger partial charge in [-0.25, -0.2) is 0 Å². The fourth-order valence-corrected chi connectivity index (χ4v) is 1.63. The van der Waals surface area contributed by atoms with Gasteiger partial charge in [-0.05, 0) is 19.1 Å². The molecule has 0 saturated heterocycles. The molecule has 1 atom stereocenters. The van der Waals surface area contributed by atoms with E-state index < -0.39 is 0 Å². The number of nitrogens with zero attached hydrogens (tertiary/aromatic N) is 2. The smallest absolute Gasteiger partial charge is 0.243 e. The van der Waals surface area contributed by atoms with Crippen molar-refractivity contribution in [2.45, 2.75) is 13.0 Å². The molecule has 78 valence electrons. The number of hydrogen-bond acceptors (Lipinski definition) is 4. The highest BCUT2D eigenvalue weighted by molar-refractivity contribution is 9.10. The van der Waals surface area contributed by atoms with Crippen LogP contribution in [0.4, 0.5) is 0 Å². The van der Waals surface area contributed by atoms with E-state index in [1.54, 1.807) is 6.92 Å². The third kappa shape index (κ3) is 2.08. The zero-order chi connectivity index (χ0) is 10.8. The van der Waals surface area contributed by atoms with Gasteiger partial charge in [-0.3, -0.25) is 0 Å². The van der Waals surface area contributed by atoms with Crippen LogP contribution in [0.2, 0.25) is 0 Å². The lowest BCUT2D eigenvalue weighted by molar-refractivity contribution is 0.362. The standard InChI is InChI=1S/C10H10BrN3O/c1-6(12)10-13-9(14-15-10)7-4-2-3-5-8(7)11/h2-6H,12H2,1H3. The maximum absolute atomic E-state index is 5.64. The van der Waals surface area contributed by atoms with E-state index in [0.717, 1.165) is 10.0 Å². The van der Waals surface area contributed by atoms with Crippen LogP contribution >= 0.6 is 15.9 Å². The van der Waals surface area contributed by atoms with Crippen molar-refractivity contribution in [3.63, 3.8) is 0 Å². The van der Waals surface area contributed by atoms with Crippen molar-refractivity contribution in [2.75, 3.05) is 0 Å². The molecule has 0 aliphatic heterocycles. The number of aromatic nitrogens is 2. The lowest BCUT2D eigenvalue weighted by Gasteiger charge is -1.97. The molecule has 15 heavy (non-hydrogen) atoms. The van der Waals surface area contributed by atoms with Crippen molar-refractivity contribution in [2.24, 2.45) is 5.73 Å². The number of nitrogens with two attached hydrogens (primary N) is 1. The second-order valence-electron chi connectivity index (χ2n) is 3.22. The van der Waals surface area contributed by atoms with Crippen molar-refractivity contribution < 1.29 is 4.52 Å². The number of benzene rings is 1. The molecule has 0 amide bonds. The van der Waals surface area contributed by atoms with E-state index in [0.29, 0.717) is 11.7 Å². The van der Waals surface area contributed by atoms with Crippen LogP contribution < -0.4 is 5.73 Å². The summed E-state index contributed by atoms with van der Waals surface area (Å²) in [7, 11) is 0. The monoisotopic (exact) mass is 267 g/mol. The summed E-state index contributed by atoms with van der Waals surface area (Å²) >= 11 is 3.43. The van der Waals surface area contributed by atoms with Crippen LogP contribution in [0.15, 0.2) is 33.3 Å². The van der Waals surface area contributed by atoms with Crippen LogP contribution in [0.1, 0.15) is 18.9 Å². The lowest BCUT2D eigenvalue weighted by Crippen LogP contribution is -2.04. The molecule has 0 aliphatic carbocycles. The molecule has 5 heteroatoms. The highest BCUT2D eigenvalue weighted by atomic mass is 79.9. The van der Waals surface area contributed by atoms with E-state index in [1.165, 1.54) is 0 Å². The quantitative estimate of drug-likeness (QED) is 0.908. The van der Waals surface area contributed by atoms with Gasteiger partial charge in [0.05, 0.1) is 6.04 Å². The number of halogens is 1. The second kappa shape index (κ2) is 4.12. The van der Waals surface area contributed by atoms with Crippen LogP contribution in [0.5, 0.6) is 0 Å². The summed E-state index contributed by atoms with van der Waals surface area (Å²) in [6.45, 7) is 1.80. The molecule has 2 rings (SSSR count). The Morgan fingerprint density at radius 2 is 2.13 bits per heavy atom. The Kier molecular flexibility index (Phi) is 2.83. The van der Waals surface area contributed by atoms with Gasteiger partial charge in [0, 0.05) is 10.0 Å². The summed E-state index contributed by atoms with van der Waals surface area (Å²) in [5.41, 5.74) is 6.53. The van der Waals surface area contributed by atoms with Gasteiger partial charge in [0.1, 0.15) is 0 Å². The highest BCUT2D eigenvalue weighted by Crippen LogP contribution is 2.25. The normalized spacial score (nSPS) is 12.7. The Morgan fingerprint density at radius 1 is 1.40 bits per heavy atom. The molecule has 0 spiro atoms. The Labute approximate surface area is 95.6 Å². The molecule has 0 aliphatic rings. The fourth-order valence-electron chi connectivity index (χ4n) is 1.17. The summed E-state index contributed by atoms with van der Waals surface area (Å²) in [5, 5.41) is 3.87. The number of hydrogen-bond donors (Lipinski definition) is 1. The SMILES string of the molecule is CC(N)c1nc(-c2ccccc2Br)no1. The molecule has 0 saturated carbocycles. The minimum atomic E-state index is -0.242. The van der Waals surface area contributed by atoms with Crippen molar-refractivity contribution >= 4 is 15.9 Å². The topological polar surface area (TPSA) is 64.9 Å². The summed E-state index contributed by atoms with van der Waals surface area (Å²) in [6, 6.07) is 7.45. The van der Waals surface area contributed by atoms with Gasteiger partial charge >= 0.3 is 0 Å². The van der Waals surface area contributed by atoms with Gasteiger partial charge in [-0.2, -0.15) is 4.98 Å². The van der Waals surface area contributed by atoms with E-state index in [1.807, 2.05) is 24.3 Å². The molecular weight excluding hydrogens is 258 g/mol. The molecule has 0 bridgehead atoms. The molecule has 0 radical (unpaired) electrons. The van der Waals surface area contributed by atoms with Gasteiger partial charge in [0.2, 0.25) is 11.7 Å². The number of rotatable bonds is 2. The van der Waals surface area contributed by atoms with Crippen molar-refractivity contribution in [1.82, 2.24) is 10.1 Å². The fraction of sp³-hybridized carbons (Fsp3) is 0.200. The third-order valence-corrected chi connectivity index (χ3v) is 2.64. The van der Waals surface area contributed by atoms with E-state index in [2.05, 4.69) is 26.1 Å². The predicted molar refractivity (Wildman–Crippen MR) is 60.0 cm³/mol. The Balaban J connectivity index is 2.42. The second-order valence-corrected chi connectivity index (χ2v) is 4.08. The molecule has 0 fully saturated rings. The summed E-state index contributed by atoms with van der Waals surface area (Å²) < 4.78 is 5.96. The third-order valence-electron chi connectivity index (χ3n) is 1.95. The molecule has 2 N–H and O–H groups in total. The summed E-state index contributed by atoms with van der Waals surface area (Å²) in [5.74, 6) is 0.996. The predicted octanol–water partition coefficient (Wildman–Crippen LogP) is 2.52. The van der Waals surface area contributed by atoms with Crippen LogP contribution in [-0.4, -0.2) is 10.1 Å². The maximum atomic E-state index is 5.64. The van der Waals surface area contributed by atoms with E-state index in [-0.39, 0.29) is 6.04 Å². The van der Waals surface area contributed by atoms with Gasteiger partial charge in [-0.15, -0.1) is 0 Å². The Hall–Kier alpha value is -1.20. The minimum absolute atomic E-state index is 0.242. The average Bonchev–Trinajstić information content (AvgIpc) is 2.67. The van der Waals surface area contributed by atoms with Crippen LogP contribution in [0.25, 0.3) is 11.4 Å². The zero-order valence-electron chi connectivity index (χ0n) is 8.14. The first-order valence-corrected chi connectivity index (χ1v) is 5.32. The molecule has 1 aromatic carbocycles. The first kappa shape index (κ1) is 10.3. The molecule has 2 aromatic rings. The van der Waals surface area contributed by atoms with Crippen molar-refractivity contribution in [3.05, 3.63) is 34.6 Å². The summed E-state index contributed by atoms with van der Waals surface area (Å²) in [6.07, 6.45) is 0. The molecule has 1 aromatic heterocycles. The molecule has 1 unspecified atom stereocenters. The van der Waals surface area contributed by atoms with Crippen LogP contribution in [-0.2, 0) is 0 Å². The largest absolute Gasteiger partial charge is 0.337 e. The van der Waals surface area contributed by atoms with E-state index >= 15 is 0 Å². The first-order valence-electron chi connectivity index (χ1n) is 4.52. The highest BCUT2D eigenvalue weighted by Gasteiger charge is 2.13. The Morgan fingerprint density at radius 3 is 2.73 bits per heavy atom. The maximum Gasteiger partial charge on any atom is 0.243 e. The van der Waals surface area contributed by atoms with Gasteiger partial charge in [-0.1, -0.05) is 33.2 Å². The van der Waals surface area contributed by atoms with Gasteiger partial charge in [0.15, 0.2) is 0 Å². The first-order chi connectivity index (χ1) is 7.18. The molecule has 1 heterocycles. The van der Waals surface area contributed by atoms with Gasteiger partial charge in [0.25, 0.3) is 0 Å². The molecular formula is C10H10BrN3O. The van der Waals surface area contributed by atoms with Crippen LogP contribution in [0, 0.1) is 0 Å². The van der Waals surface area contributed by atoms with Crippen molar-refractivity contribution in [3.8, 4) is 11.4 Å². The van der Waals surface area contributed by atoms with Gasteiger partial charge < -0.3 is 10.3 Å². The molecule has 4 nitrogen and oxygen atoms in total. The lowest BCUT2D eigenvalue weighted by atomic mass is 10.2. The van der Waals surface area contributed by atoms with E-state index in [4.69, 9.17) is 10.3 Å². The Bertz CT molecular complexity index is 467. The van der Waals surface area contributed by atoms with Crippen LogP contribution in [0.3, 0.4) is 0 Å². The minimum Gasteiger partial charge on any atom is -0.337 e.